The number of methoxy groups -OCH3 is 2. The molecule has 14 nitrogen and oxygen atoms in total. The molecule has 0 saturated carbocycles. The summed E-state index contributed by atoms with van der Waals surface area (Å²) in [6.45, 7) is 10.3. The minimum atomic E-state index is -0.685. The summed E-state index contributed by atoms with van der Waals surface area (Å²) in [4.78, 5) is 13.5. The molecule has 0 unspecified atom stereocenters. The molecule has 4 aromatic carbocycles. The van der Waals surface area contributed by atoms with Crippen molar-refractivity contribution in [3.63, 3.8) is 0 Å². The van der Waals surface area contributed by atoms with Gasteiger partial charge in [-0.1, -0.05) is 11.6 Å². The van der Waals surface area contributed by atoms with Crippen molar-refractivity contribution < 1.29 is 47.0 Å². The van der Waals surface area contributed by atoms with Crippen molar-refractivity contribution in [3.05, 3.63) is 102 Å². The first-order valence-electron chi connectivity index (χ1n) is 20.5. The molecule has 2 aliphatic heterocycles. The van der Waals surface area contributed by atoms with Gasteiger partial charge in [-0.05, 0) is 61.4 Å². The van der Waals surface area contributed by atoms with Gasteiger partial charge in [0, 0.05) is 98.1 Å². The minimum Gasteiger partial charge on any atom is -0.505 e. The van der Waals surface area contributed by atoms with Crippen molar-refractivity contribution in [1.29, 1.82) is 0 Å². The van der Waals surface area contributed by atoms with E-state index in [0.717, 1.165) is 95.5 Å². The molecule has 2 fully saturated rings. The summed E-state index contributed by atoms with van der Waals surface area (Å²) in [6.07, 6.45) is 5.17. The Bertz CT molecular complexity index is 2400. The Morgan fingerprint density at radius 3 is 1.65 bits per heavy atom. The summed E-state index contributed by atoms with van der Waals surface area (Å²) in [7, 11) is 3.21. The molecule has 63 heavy (non-hydrogen) atoms. The Balaban J connectivity index is 0.000000180. The molecule has 2 aliphatic rings. The van der Waals surface area contributed by atoms with Crippen LogP contribution < -0.4 is 35.2 Å². The number of aromatic nitrogens is 2. The normalized spacial score (nSPS) is 14.2. The lowest BCUT2D eigenvalue weighted by molar-refractivity contribution is 0.0357. The molecule has 0 amide bonds. The number of hydrogen-bond acceptors (Lipinski definition) is 14. The molecule has 4 heterocycles. The summed E-state index contributed by atoms with van der Waals surface area (Å²) in [5.74, 6) is 1.52. The van der Waals surface area contributed by atoms with Gasteiger partial charge >= 0.3 is 0 Å². The van der Waals surface area contributed by atoms with Crippen molar-refractivity contribution in [2.24, 2.45) is 0 Å². The van der Waals surface area contributed by atoms with Crippen LogP contribution in [0.15, 0.2) is 85.2 Å². The number of morpholine rings is 2. The molecule has 5 N–H and O–H groups in total. The Labute approximate surface area is 370 Å². The van der Waals surface area contributed by atoms with E-state index in [1.807, 2.05) is 18.2 Å². The van der Waals surface area contributed by atoms with Crippen LogP contribution in [0.25, 0.3) is 21.8 Å². The van der Waals surface area contributed by atoms with Gasteiger partial charge in [0.2, 0.25) is 0 Å². The first kappa shape index (κ1) is 46.6. The van der Waals surface area contributed by atoms with Gasteiger partial charge in [-0.3, -0.25) is 19.8 Å². The Hall–Kier alpha value is -5.91. The standard InChI is InChI=1S/C23H26FN3O4.C17H21ClN2O3.C6H6FNO/c1-28-22-14-17-19(15-23(22)30-10-2-7-27-8-11-29-12-9-27)26-6-5-20(17)31-21-4-3-16(25)13-18(21)24;1-21-16-11-13-14(18)3-4-19-15(13)12-17(16)23-8-2-5-20-6-9-22-10-7-20;7-5-3-4(8)1-2-6(5)9/h3-6,13-15H,2,7-12,25H2,1H3;3-4,11-12H,2,5-10H2,1H3;1-3,9H,8H2. The van der Waals surface area contributed by atoms with Crippen LogP contribution in [0.2, 0.25) is 5.02 Å². The van der Waals surface area contributed by atoms with Gasteiger partial charge in [-0.25, -0.2) is 8.78 Å². The second-order valence-corrected chi connectivity index (χ2v) is 14.9. The number of rotatable bonds is 14. The molecular weight excluding hydrogens is 838 g/mol. The Kier molecular flexibility index (Phi) is 17.4. The average molecular weight is 891 g/mol. The highest BCUT2D eigenvalue weighted by molar-refractivity contribution is 6.35. The molecule has 6 aromatic rings. The van der Waals surface area contributed by atoms with Crippen molar-refractivity contribution in [3.8, 4) is 40.2 Å². The van der Waals surface area contributed by atoms with Crippen molar-refractivity contribution in [2.45, 2.75) is 12.8 Å². The zero-order valence-electron chi connectivity index (χ0n) is 35.4. The van der Waals surface area contributed by atoms with Gasteiger partial charge < -0.3 is 49.7 Å². The smallest absolute Gasteiger partial charge is 0.167 e. The fourth-order valence-electron chi connectivity index (χ4n) is 6.71. The molecule has 0 atom stereocenters. The number of aromatic hydroxyl groups is 1. The third-order valence-corrected chi connectivity index (χ3v) is 10.4. The van der Waals surface area contributed by atoms with E-state index in [4.69, 9.17) is 61.3 Å². The van der Waals surface area contributed by atoms with Gasteiger partial charge in [0.25, 0.3) is 0 Å². The van der Waals surface area contributed by atoms with Crippen LogP contribution >= 0.6 is 11.6 Å². The number of hydrogen-bond donors (Lipinski definition) is 3. The number of nitrogens with zero attached hydrogens (tertiary/aromatic N) is 4. The van der Waals surface area contributed by atoms with Crippen LogP contribution in [-0.4, -0.2) is 118 Å². The Morgan fingerprint density at radius 2 is 1.13 bits per heavy atom. The number of pyridine rings is 2. The van der Waals surface area contributed by atoms with E-state index in [0.29, 0.717) is 69.3 Å². The molecule has 2 aromatic heterocycles. The van der Waals surface area contributed by atoms with Gasteiger partial charge in [0.1, 0.15) is 5.75 Å². The third-order valence-electron chi connectivity index (χ3n) is 10.1. The largest absolute Gasteiger partial charge is 0.505 e. The number of phenolic OH excluding ortho intramolecular Hbond substituents is 1. The number of fused-ring (bicyclic) bond motifs is 2. The monoisotopic (exact) mass is 890 g/mol. The fourth-order valence-corrected chi connectivity index (χ4v) is 6.92. The summed E-state index contributed by atoms with van der Waals surface area (Å²) >= 11 is 6.20. The molecule has 2 saturated heterocycles. The van der Waals surface area contributed by atoms with Crippen LogP contribution in [0.1, 0.15) is 12.8 Å². The fraction of sp³-hybridized carbons (Fsp3) is 0.348. The van der Waals surface area contributed by atoms with Crippen LogP contribution in [0, 0.1) is 11.6 Å². The Morgan fingerprint density at radius 1 is 0.619 bits per heavy atom. The molecule has 0 aliphatic carbocycles. The van der Waals surface area contributed by atoms with Crippen LogP contribution in [-0.2, 0) is 9.47 Å². The summed E-state index contributed by atoms with van der Waals surface area (Å²) in [5, 5.41) is 10.8. The van der Waals surface area contributed by atoms with Crippen molar-refractivity contribution in [2.75, 3.05) is 105 Å². The number of ether oxygens (including phenoxy) is 7. The molecule has 17 heteroatoms. The molecule has 8 rings (SSSR count). The first-order valence-corrected chi connectivity index (χ1v) is 20.9. The average Bonchev–Trinajstić information content (AvgIpc) is 3.29. The second kappa shape index (κ2) is 23.5. The number of nitrogens with two attached hydrogens (primary N) is 2. The van der Waals surface area contributed by atoms with E-state index in [-0.39, 0.29) is 11.5 Å². The van der Waals surface area contributed by atoms with E-state index in [1.54, 1.807) is 50.9 Å². The molecule has 0 radical (unpaired) electrons. The lowest BCUT2D eigenvalue weighted by Gasteiger charge is -2.26. The predicted molar refractivity (Wildman–Crippen MR) is 240 cm³/mol. The maximum absolute atomic E-state index is 14.2. The zero-order chi connectivity index (χ0) is 44.6. The number of benzene rings is 4. The van der Waals surface area contributed by atoms with Crippen molar-refractivity contribution in [1.82, 2.24) is 19.8 Å². The van der Waals surface area contributed by atoms with E-state index >= 15 is 0 Å². The molecule has 336 valence electrons. The van der Waals surface area contributed by atoms with Gasteiger partial charge in [0.05, 0.1) is 69.9 Å². The number of anilines is 2. The number of phenols is 1. The SMILES string of the molecule is COc1cc2c(Cl)ccnc2cc1OCCCN1CCOCC1.COc1cc2c(Oc3ccc(N)cc3F)ccnc2cc1OCCCN1CCOCC1.Nc1ccc(O)c(F)c1. The highest BCUT2D eigenvalue weighted by Gasteiger charge is 2.16. The summed E-state index contributed by atoms with van der Waals surface area (Å²) < 4.78 is 65.8. The predicted octanol–water partition coefficient (Wildman–Crippen LogP) is 7.97. The van der Waals surface area contributed by atoms with Gasteiger partial charge in [0.15, 0.2) is 46.1 Å². The minimum absolute atomic E-state index is 0.0871. The number of halogens is 3. The van der Waals surface area contributed by atoms with E-state index in [1.165, 1.54) is 24.3 Å². The van der Waals surface area contributed by atoms with Gasteiger partial charge in [-0.2, -0.15) is 0 Å². The van der Waals surface area contributed by atoms with Crippen molar-refractivity contribution >= 4 is 44.8 Å². The molecule has 0 spiro atoms. The van der Waals surface area contributed by atoms with Crippen LogP contribution in [0.4, 0.5) is 20.2 Å². The maximum Gasteiger partial charge on any atom is 0.167 e. The first-order chi connectivity index (χ1) is 30.6. The topological polar surface area (TPSA) is 169 Å². The van der Waals surface area contributed by atoms with Crippen LogP contribution in [0.5, 0.6) is 40.2 Å². The van der Waals surface area contributed by atoms with Gasteiger partial charge in [-0.15, -0.1) is 0 Å². The quantitative estimate of drug-likeness (QED) is 0.0547. The highest BCUT2D eigenvalue weighted by Crippen LogP contribution is 2.38. The zero-order valence-corrected chi connectivity index (χ0v) is 36.1. The van der Waals surface area contributed by atoms with E-state index in [9.17, 15) is 8.78 Å². The number of nitrogen functional groups attached to an aromatic ring is 2. The highest BCUT2D eigenvalue weighted by atomic mass is 35.5. The summed E-state index contributed by atoms with van der Waals surface area (Å²) in [5.41, 5.74) is 12.9. The molecule has 0 bridgehead atoms. The van der Waals surface area contributed by atoms with E-state index in [2.05, 4.69) is 19.8 Å². The van der Waals surface area contributed by atoms with Crippen LogP contribution in [0.3, 0.4) is 0 Å². The lowest BCUT2D eigenvalue weighted by atomic mass is 10.1. The third kappa shape index (κ3) is 13.5. The lowest BCUT2D eigenvalue weighted by Crippen LogP contribution is -2.37. The van der Waals surface area contributed by atoms with E-state index < -0.39 is 11.6 Å². The summed E-state index contributed by atoms with van der Waals surface area (Å²) in [6, 6.07) is 18.8. The molecular formula is C46H53ClF2N6O8. The second-order valence-electron chi connectivity index (χ2n) is 14.5. The maximum atomic E-state index is 14.2.